The van der Waals surface area contributed by atoms with Gasteiger partial charge in [-0.25, -0.2) is 0 Å². The van der Waals surface area contributed by atoms with E-state index in [1.165, 1.54) is 75.3 Å². The average molecular weight is 955 g/mol. The number of fused-ring (bicyclic) bond motifs is 22. The van der Waals surface area contributed by atoms with Crippen molar-refractivity contribution in [2.24, 2.45) is 0 Å². The normalized spacial score (nSPS) is 14.6. The molecule has 6 heteroatoms. The van der Waals surface area contributed by atoms with Crippen LogP contribution < -0.4 is 20.7 Å². The average Bonchev–Trinajstić information content (AvgIpc) is 4.23. The van der Waals surface area contributed by atoms with Crippen molar-refractivity contribution < 1.29 is 17.7 Å². The number of para-hydroxylation sites is 2. The molecule has 0 aliphatic carbocycles. The van der Waals surface area contributed by atoms with Crippen molar-refractivity contribution in [1.29, 1.82) is 0 Å². The van der Waals surface area contributed by atoms with Crippen LogP contribution in [-0.4, -0.2) is 16.1 Å². The van der Waals surface area contributed by atoms with Crippen LogP contribution in [0, 0.1) is 0 Å². The number of rotatable bonds is 2. The Morgan fingerprint density at radius 2 is 0.653 bits per heavy atom. The molecule has 72 heavy (non-hydrogen) atoms. The molecule has 0 atom stereocenters. The van der Waals surface area contributed by atoms with Crippen LogP contribution in [0.25, 0.3) is 154 Å². The number of hydrogen-bond donors (Lipinski definition) is 0. The minimum Gasteiger partial charge on any atom is -0.456 e. The lowest BCUT2D eigenvalue weighted by molar-refractivity contribution is 0.668. The highest BCUT2D eigenvalue weighted by atomic mass is 28.3. The smallest absolute Gasteiger partial charge is 0.143 e. The molecular weight excluding hydrogens is 913 g/mol. The van der Waals surface area contributed by atoms with Crippen LogP contribution >= 0.6 is 0 Å². The largest absolute Gasteiger partial charge is 0.456 e. The quantitative estimate of drug-likeness (QED) is 0.162. The number of benzene rings is 11. The minimum absolute atomic E-state index is 0.884. The minimum atomic E-state index is -2.35. The Balaban J connectivity index is 0.878. The summed E-state index contributed by atoms with van der Waals surface area (Å²) in [6.45, 7) is 10.2. The first kappa shape index (κ1) is 39.3. The Hall–Kier alpha value is -8.43. The molecule has 0 spiro atoms. The third kappa shape index (κ3) is 4.95. The predicted molar refractivity (Wildman–Crippen MR) is 306 cm³/mol. The zero-order chi connectivity index (χ0) is 47.5. The fourth-order valence-electron chi connectivity index (χ4n) is 13.4. The SMILES string of the molecule is C[Si]1(C)c2cc3c(cc2-c2c1cc(-c1ccc4c(c1)oc1cc5ccccc5cc14)c1oc4ccccc4c21)[Si](C)(C)c1cc(-c2ccc4c(c2)oc2cc5ccccc5cc24)c2oc4ccccc4c2c1-3. The van der Waals surface area contributed by atoms with Gasteiger partial charge in [0.2, 0.25) is 0 Å². The van der Waals surface area contributed by atoms with E-state index >= 15 is 0 Å². The molecule has 0 N–H and O–H groups in total. The summed E-state index contributed by atoms with van der Waals surface area (Å²) in [5.41, 5.74) is 17.1. The zero-order valence-corrected chi connectivity index (χ0v) is 42.0. The van der Waals surface area contributed by atoms with Gasteiger partial charge in [-0.3, -0.25) is 0 Å². The number of hydrogen-bond acceptors (Lipinski definition) is 4. The van der Waals surface area contributed by atoms with Gasteiger partial charge in [0, 0.05) is 54.2 Å². The molecule has 0 saturated carbocycles. The molecule has 6 heterocycles. The van der Waals surface area contributed by atoms with E-state index < -0.39 is 16.1 Å². The van der Waals surface area contributed by atoms with Gasteiger partial charge in [0.05, 0.1) is 0 Å². The first-order chi connectivity index (χ1) is 35.2. The van der Waals surface area contributed by atoms with E-state index in [9.17, 15) is 0 Å². The lowest BCUT2D eigenvalue weighted by atomic mass is 9.91. The van der Waals surface area contributed by atoms with Gasteiger partial charge in [0.15, 0.2) is 0 Å². The summed E-state index contributed by atoms with van der Waals surface area (Å²) in [5, 5.41) is 19.9. The molecule has 0 saturated heterocycles. The van der Waals surface area contributed by atoms with Crippen LogP contribution in [0.1, 0.15) is 0 Å². The van der Waals surface area contributed by atoms with Gasteiger partial charge in [0.25, 0.3) is 0 Å². The summed E-state index contributed by atoms with van der Waals surface area (Å²) in [7, 11) is -4.70. The van der Waals surface area contributed by atoms with E-state index in [0.29, 0.717) is 0 Å². The maximum absolute atomic E-state index is 7.03. The van der Waals surface area contributed by atoms with Crippen molar-refractivity contribution in [2.75, 3.05) is 0 Å². The Labute approximate surface area is 414 Å². The highest BCUT2D eigenvalue weighted by molar-refractivity contribution is 7.06. The van der Waals surface area contributed by atoms with Crippen LogP contribution in [0.2, 0.25) is 26.2 Å². The summed E-state index contributed by atoms with van der Waals surface area (Å²) in [6.07, 6.45) is 0. The molecule has 0 bridgehead atoms. The second-order valence-electron chi connectivity index (χ2n) is 21.5. The molecule has 2 aliphatic rings. The third-order valence-electron chi connectivity index (χ3n) is 17.0. The molecule has 0 unspecified atom stereocenters. The van der Waals surface area contributed by atoms with Crippen LogP contribution in [0.3, 0.4) is 0 Å². The summed E-state index contributed by atoms with van der Waals surface area (Å²) in [5.74, 6) is 0. The van der Waals surface area contributed by atoms with Gasteiger partial charge < -0.3 is 17.7 Å². The van der Waals surface area contributed by atoms with E-state index in [2.05, 4.69) is 208 Å². The van der Waals surface area contributed by atoms with E-state index in [-0.39, 0.29) is 0 Å². The first-order valence-corrected chi connectivity index (χ1v) is 31.0. The van der Waals surface area contributed by atoms with Gasteiger partial charge in [-0.2, -0.15) is 0 Å². The molecule has 4 aromatic heterocycles. The topological polar surface area (TPSA) is 52.6 Å². The molecular formula is C66H42O4Si2. The van der Waals surface area contributed by atoms with Crippen molar-refractivity contribution in [3.8, 4) is 44.5 Å². The third-order valence-corrected chi connectivity index (χ3v) is 24.0. The molecule has 17 rings (SSSR count). The molecule has 4 nitrogen and oxygen atoms in total. The zero-order valence-electron chi connectivity index (χ0n) is 40.0. The lowest BCUT2D eigenvalue weighted by Crippen LogP contribution is -2.51. The van der Waals surface area contributed by atoms with Crippen LogP contribution in [-0.2, 0) is 0 Å². The van der Waals surface area contributed by atoms with Gasteiger partial charge in [-0.1, -0.05) is 148 Å². The highest BCUT2D eigenvalue weighted by Crippen LogP contribution is 2.49. The summed E-state index contributed by atoms with van der Waals surface area (Å²) in [4.78, 5) is 0. The maximum atomic E-state index is 7.03. The summed E-state index contributed by atoms with van der Waals surface area (Å²) in [6, 6.07) is 66.8. The Kier molecular flexibility index (Phi) is 7.26. The molecule has 0 radical (unpaired) electrons. The van der Waals surface area contributed by atoms with Gasteiger partial charge >= 0.3 is 0 Å². The fourth-order valence-corrected chi connectivity index (χ4v) is 19.5. The standard InChI is InChI=1S/C66H42O4Si2/c1-71(2)57-33-50-58(34-49(57)61-59(71)31-45(65-63(61)43-17-9-11-19-51(43)69-65)39-21-23-41-47-25-35-13-5-7-15-37(35)27-55(47)67-53(41)29-39)72(3,4)60-32-46(66-64(62(50)60)44-18-10-12-20-52(44)70-66)40-22-24-42-48-26-36-14-6-8-16-38(36)28-56(48)68-54(42)30-40/h5-34H,1-4H3. The first-order valence-electron chi connectivity index (χ1n) is 25.0. The fraction of sp³-hybridized carbons (Fsp3) is 0.0606. The van der Waals surface area contributed by atoms with Crippen molar-refractivity contribution in [3.05, 3.63) is 182 Å². The van der Waals surface area contributed by atoms with E-state index in [0.717, 1.165) is 99.2 Å². The molecule has 11 aromatic carbocycles. The summed E-state index contributed by atoms with van der Waals surface area (Å²) >= 11 is 0. The van der Waals surface area contributed by atoms with E-state index in [1.807, 2.05) is 0 Å². The Morgan fingerprint density at radius 1 is 0.278 bits per heavy atom. The van der Waals surface area contributed by atoms with Crippen molar-refractivity contribution in [1.82, 2.24) is 0 Å². The van der Waals surface area contributed by atoms with Crippen molar-refractivity contribution in [3.63, 3.8) is 0 Å². The number of furan rings is 4. The van der Waals surface area contributed by atoms with Gasteiger partial charge in [-0.05, 0) is 136 Å². The lowest BCUT2D eigenvalue weighted by Gasteiger charge is -2.22. The van der Waals surface area contributed by atoms with E-state index in [1.54, 1.807) is 0 Å². The highest BCUT2D eigenvalue weighted by Gasteiger charge is 2.46. The predicted octanol–water partition coefficient (Wildman–Crippen LogP) is 16.5. The molecule has 0 amide bonds. The molecule has 2 aliphatic heterocycles. The Bertz CT molecular complexity index is 4680. The second kappa shape index (κ2) is 13.3. The maximum Gasteiger partial charge on any atom is 0.143 e. The van der Waals surface area contributed by atoms with Crippen molar-refractivity contribution in [2.45, 2.75) is 26.2 Å². The molecule has 338 valence electrons. The molecule has 0 fully saturated rings. The van der Waals surface area contributed by atoms with E-state index in [4.69, 9.17) is 17.7 Å². The van der Waals surface area contributed by atoms with Crippen molar-refractivity contribution >= 4 is 146 Å². The molecule has 15 aromatic rings. The van der Waals surface area contributed by atoms with Gasteiger partial charge in [0.1, 0.15) is 60.8 Å². The van der Waals surface area contributed by atoms with Crippen LogP contribution in [0.5, 0.6) is 0 Å². The Morgan fingerprint density at radius 3 is 1.10 bits per heavy atom. The van der Waals surface area contributed by atoms with Crippen LogP contribution in [0.4, 0.5) is 0 Å². The second-order valence-corrected chi connectivity index (χ2v) is 30.2. The monoisotopic (exact) mass is 954 g/mol. The van der Waals surface area contributed by atoms with Crippen LogP contribution in [0.15, 0.2) is 200 Å². The van der Waals surface area contributed by atoms with Gasteiger partial charge in [-0.15, -0.1) is 0 Å². The summed E-state index contributed by atoms with van der Waals surface area (Å²) < 4.78 is 27.4.